The largest absolute Gasteiger partial charge is 0.283 e. The van der Waals surface area contributed by atoms with Gasteiger partial charge in [0.15, 0.2) is 0 Å². The van der Waals surface area contributed by atoms with Gasteiger partial charge in [-0.1, -0.05) is 18.2 Å². The normalized spacial score (nSPS) is 18.5. The summed E-state index contributed by atoms with van der Waals surface area (Å²) >= 11 is 1.60. The molecule has 0 bridgehead atoms. The van der Waals surface area contributed by atoms with Crippen LogP contribution in [0.2, 0.25) is 0 Å². The lowest BCUT2D eigenvalue weighted by Gasteiger charge is -2.44. The molecule has 2 aromatic rings. The number of benzene rings is 1. The fraction of sp³-hybridized carbons (Fsp3) is 0.412. The Kier molecular flexibility index (Phi) is 4.43. The summed E-state index contributed by atoms with van der Waals surface area (Å²) in [7, 11) is 0. The van der Waals surface area contributed by atoms with E-state index >= 15 is 0 Å². The van der Waals surface area contributed by atoms with Gasteiger partial charge in [-0.2, -0.15) is 0 Å². The first-order valence-electron chi connectivity index (χ1n) is 7.70. The monoisotopic (exact) mass is 315 g/mol. The molecule has 1 amide bonds. The minimum atomic E-state index is 0.126. The fourth-order valence-corrected chi connectivity index (χ4v) is 3.58. The highest BCUT2D eigenvalue weighted by Gasteiger charge is 2.30. The maximum atomic E-state index is 12.8. The lowest BCUT2D eigenvalue weighted by molar-refractivity contribution is -0.134. The van der Waals surface area contributed by atoms with E-state index in [4.69, 9.17) is 0 Å². The highest BCUT2D eigenvalue weighted by Crippen LogP contribution is 2.25. The zero-order valence-corrected chi connectivity index (χ0v) is 13.8. The number of hydrogen-bond acceptors (Lipinski definition) is 4. The summed E-state index contributed by atoms with van der Waals surface area (Å²) in [6.45, 7) is 4.98. The summed E-state index contributed by atoms with van der Waals surface area (Å²) in [5, 5.41) is 7.03. The van der Waals surface area contributed by atoms with Gasteiger partial charge in [0, 0.05) is 11.9 Å². The van der Waals surface area contributed by atoms with E-state index in [2.05, 4.69) is 29.0 Å². The number of amides is 1. The quantitative estimate of drug-likeness (QED) is 0.871. The first-order chi connectivity index (χ1) is 10.6. The van der Waals surface area contributed by atoms with Crippen LogP contribution in [0.15, 0.2) is 35.7 Å². The van der Waals surface area contributed by atoms with Gasteiger partial charge in [-0.3, -0.25) is 14.8 Å². The third-order valence-corrected chi connectivity index (χ3v) is 4.80. The van der Waals surface area contributed by atoms with E-state index in [-0.39, 0.29) is 11.9 Å². The van der Waals surface area contributed by atoms with E-state index in [0.717, 1.165) is 35.8 Å². The van der Waals surface area contributed by atoms with Gasteiger partial charge in [0.2, 0.25) is 5.91 Å². The second-order valence-electron chi connectivity index (χ2n) is 5.72. The number of thiazole rings is 1. The molecule has 3 rings (SSSR count). The molecule has 1 aliphatic rings. The molecule has 4 nitrogen and oxygen atoms in total. The Morgan fingerprint density at radius 3 is 2.82 bits per heavy atom. The summed E-state index contributed by atoms with van der Waals surface area (Å²) in [6, 6.07) is 10.4. The maximum absolute atomic E-state index is 12.8. The summed E-state index contributed by atoms with van der Waals surface area (Å²) < 4.78 is 0. The third-order valence-electron chi connectivity index (χ3n) is 3.98. The molecule has 1 aromatic carbocycles. The average Bonchev–Trinajstić information content (AvgIpc) is 2.92. The Balaban J connectivity index is 1.82. The first-order valence-corrected chi connectivity index (χ1v) is 8.58. The van der Waals surface area contributed by atoms with E-state index in [1.165, 1.54) is 0 Å². The molecule has 1 saturated heterocycles. The number of carbonyl (C=O) groups excluding carboxylic acids is 1. The summed E-state index contributed by atoms with van der Waals surface area (Å²) in [6.07, 6.45) is 2.53. The van der Waals surface area contributed by atoms with Gasteiger partial charge >= 0.3 is 0 Å². The molecule has 0 N–H and O–H groups in total. The van der Waals surface area contributed by atoms with Crippen molar-refractivity contribution in [3.63, 3.8) is 0 Å². The zero-order chi connectivity index (χ0) is 15.5. The predicted octanol–water partition coefficient (Wildman–Crippen LogP) is 3.43. The van der Waals surface area contributed by atoms with E-state index in [1.54, 1.807) is 11.3 Å². The SMILES string of the molecule is Cc1nc(CC(=O)N2[C@@H](C)CCCN2c2ccccc2)cs1. The number of aryl methyl sites for hydroxylation is 1. The topological polar surface area (TPSA) is 36.4 Å². The molecule has 0 saturated carbocycles. The highest BCUT2D eigenvalue weighted by molar-refractivity contribution is 7.09. The minimum Gasteiger partial charge on any atom is -0.283 e. The van der Waals surface area contributed by atoms with Crippen molar-refractivity contribution in [1.29, 1.82) is 0 Å². The lowest BCUT2D eigenvalue weighted by Crippen LogP contribution is -2.55. The molecule has 22 heavy (non-hydrogen) atoms. The number of para-hydroxylation sites is 1. The van der Waals surface area contributed by atoms with Crippen LogP contribution in [-0.4, -0.2) is 28.5 Å². The number of rotatable bonds is 3. The maximum Gasteiger partial charge on any atom is 0.247 e. The molecular weight excluding hydrogens is 294 g/mol. The van der Waals surface area contributed by atoms with Crippen molar-refractivity contribution in [2.75, 3.05) is 11.6 Å². The summed E-state index contributed by atoms with van der Waals surface area (Å²) in [5.74, 6) is 0.126. The first kappa shape index (κ1) is 15.0. The van der Waals surface area contributed by atoms with Crippen LogP contribution in [0.3, 0.4) is 0 Å². The molecule has 0 unspecified atom stereocenters. The van der Waals surface area contributed by atoms with Crippen LogP contribution >= 0.6 is 11.3 Å². The smallest absolute Gasteiger partial charge is 0.247 e. The van der Waals surface area contributed by atoms with E-state index in [9.17, 15) is 4.79 Å². The molecule has 0 spiro atoms. The van der Waals surface area contributed by atoms with Gasteiger partial charge in [-0.05, 0) is 38.8 Å². The van der Waals surface area contributed by atoms with Crippen molar-refractivity contribution in [2.24, 2.45) is 0 Å². The summed E-state index contributed by atoms with van der Waals surface area (Å²) in [5.41, 5.74) is 1.95. The third kappa shape index (κ3) is 3.14. The molecule has 1 aromatic heterocycles. The average molecular weight is 315 g/mol. The number of hydrogen-bond donors (Lipinski definition) is 0. The molecule has 0 aliphatic carbocycles. The second-order valence-corrected chi connectivity index (χ2v) is 6.79. The van der Waals surface area contributed by atoms with Crippen molar-refractivity contribution in [3.05, 3.63) is 46.4 Å². The van der Waals surface area contributed by atoms with Crippen LogP contribution in [0.5, 0.6) is 0 Å². The van der Waals surface area contributed by atoms with Crippen molar-refractivity contribution in [3.8, 4) is 0 Å². The molecule has 1 aliphatic heterocycles. The Morgan fingerprint density at radius 2 is 2.14 bits per heavy atom. The van der Waals surface area contributed by atoms with Gasteiger partial charge < -0.3 is 0 Å². The summed E-state index contributed by atoms with van der Waals surface area (Å²) in [4.78, 5) is 17.2. The number of aromatic nitrogens is 1. The van der Waals surface area contributed by atoms with Crippen molar-refractivity contribution in [1.82, 2.24) is 9.99 Å². The zero-order valence-electron chi connectivity index (χ0n) is 13.0. The number of carbonyl (C=O) groups is 1. The van der Waals surface area contributed by atoms with E-state index in [0.29, 0.717) is 6.42 Å². The van der Waals surface area contributed by atoms with Crippen molar-refractivity contribution in [2.45, 2.75) is 39.2 Å². The number of hydrazine groups is 1. The molecule has 1 atom stereocenters. The second kappa shape index (κ2) is 6.48. The van der Waals surface area contributed by atoms with E-state index < -0.39 is 0 Å². The van der Waals surface area contributed by atoms with Gasteiger partial charge in [-0.25, -0.2) is 4.98 Å². The van der Waals surface area contributed by atoms with Gasteiger partial charge in [0.1, 0.15) is 0 Å². The molecule has 2 heterocycles. The van der Waals surface area contributed by atoms with Crippen molar-refractivity contribution >= 4 is 22.9 Å². The molecule has 116 valence electrons. The number of anilines is 1. The van der Waals surface area contributed by atoms with Crippen LogP contribution < -0.4 is 5.01 Å². The molecule has 5 heteroatoms. The molecule has 0 radical (unpaired) electrons. The van der Waals surface area contributed by atoms with Crippen LogP contribution in [0.4, 0.5) is 5.69 Å². The van der Waals surface area contributed by atoms with Crippen LogP contribution in [0.1, 0.15) is 30.5 Å². The lowest BCUT2D eigenvalue weighted by atomic mass is 10.1. The Labute approximate surface area is 135 Å². The van der Waals surface area contributed by atoms with Gasteiger partial charge in [0.25, 0.3) is 0 Å². The highest BCUT2D eigenvalue weighted by atomic mass is 32.1. The van der Waals surface area contributed by atoms with E-state index in [1.807, 2.05) is 35.5 Å². The number of nitrogens with zero attached hydrogens (tertiary/aromatic N) is 3. The standard InChI is InChI=1S/C17H21N3OS/c1-13-7-6-10-19(16-8-4-3-5-9-16)20(13)17(21)11-15-12-22-14(2)18-15/h3-5,8-9,12-13H,6-7,10-11H2,1-2H3/t13-/m0/s1. The minimum absolute atomic E-state index is 0.126. The van der Waals surface area contributed by atoms with Gasteiger partial charge in [-0.15, -0.1) is 11.3 Å². The fourth-order valence-electron chi connectivity index (χ4n) is 2.96. The van der Waals surface area contributed by atoms with Crippen molar-refractivity contribution < 1.29 is 4.79 Å². The Bertz CT molecular complexity index is 640. The molecular formula is C17H21N3OS. The molecule has 1 fully saturated rings. The Morgan fingerprint density at radius 1 is 1.36 bits per heavy atom. The predicted molar refractivity (Wildman–Crippen MR) is 89.9 cm³/mol. The van der Waals surface area contributed by atoms with Crippen LogP contribution in [0, 0.1) is 6.92 Å². The van der Waals surface area contributed by atoms with Crippen LogP contribution in [-0.2, 0) is 11.2 Å². The Hall–Kier alpha value is -1.88. The van der Waals surface area contributed by atoms with Crippen LogP contribution in [0.25, 0.3) is 0 Å². The van der Waals surface area contributed by atoms with Gasteiger partial charge in [0.05, 0.1) is 28.9 Å².